The summed E-state index contributed by atoms with van der Waals surface area (Å²) in [6.45, 7) is 18.0. The van der Waals surface area contributed by atoms with Gasteiger partial charge in [-0.2, -0.15) is 0 Å². The average molecular weight is 728 g/mol. The second-order valence-electron chi connectivity index (χ2n) is 16.6. The molecule has 2 aromatic carbocycles. The predicted molar refractivity (Wildman–Crippen MR) is 203 cm³/mol. The van der Waals surface area contributed by atoms with Crippen molar-refractivity contribution in [2.45, 2.75) is 109 Å². The summed E-state index contributed by atoms with van der Waals surface area (Å²) in [6, 6.07) is 16.9. The number of amides is 3. The lowest BCUT2D eigenvalue weighted by Crippen LogP contribution is -2.62. The van der Waals surface area contributed by atoms with Crippen LogP contribution in [-0.4, -0.2) is 87.6 Å². The number of benzene rings is 2. The highest BCUT2D eigenvalue weighted by atomic mass is 16.6. The molecule has 10 nitrogen and oxygen atoms in total. The summed E-state index contributed by atoms with van der Waals surface area (Å²) in [5.74, 6) is -3.48. The van der Waals surface area contributed by atoms with Gasteiger partial charge in [-0.05, 0) is 62.5 Å². The Morgan fingerprint density at radius 1 is 1.06 bits per heavy atom. The summed E-state index contributed by atoms with van der Waals surface area (Å²) in [5.41, 5.74) is -0.452. The molecule has 0 aliphatic carbocycles. The number of fused-ring (bicyclic) bond motifs is 1. The summed E-state index contributed by atoms with van der Waals surface area (Å²) in [4.78, 5) is 60.5. The van der Waals surface area contributed by atoms with E-state index in [0.717, 1.165) is 5.56 Å². The summed E-state index contributed by atoms with van der Waals surface area (Å²) in [5, 5.41) is 13.8. The maximum atomic E-state index is 15.2. The summed E-state index contributed by atoms with van der Waals surface area (Å²) in [7, 11) is 0. The second-order valence-corrected chi connectivity index (χ2v) is 16.6. The standard InChI is InChI=1S/C43H57N3O7/c1-8-10-21-34(48)44-26-33(30-19-15-12-16-20-30)52-40(51)35-32-22-23-43(53-32)36(35)38(49)46(31(27-47)25-29-17-13-11-14-18-29)37(43)39(50)45(24-9-2)42(6,7)28-41(3,4)5/h8-9,11-20,31-33,35-37,47H,1-2,10,21-28H2,3-7H3,(H,44,48)/t31-,32-,33-,35+,36+,37-,43+/m1/s1. The number of aliphatic hydroxyl groups excluding tert-OH is 1. The number of carbonyl (C=O) groups excluding carboxylic acids is 4. The van der Waals surface area contributed by atoms with E-state index in [1.54, 1.807) is 17.1 Å². The van der Waals surface area contributed by atoms with Gasteiger partial charge in [0.05, 0.1) is 37.1 Å². The molecule has 0 radical (unpaired) electrons. The molecule has 2 aromatic rings. The number of carbonyl (C=O) groups is 4. The number of nitrogens with zero attached hydrogens (tertiary/aromatic N) is 2. The maximum Gasteiger partial charge on any atom is 0.313 e. The Hall–Kier alpha value is -4.28. The molecule has 1 spiro atoms. The van der Waals surface area contributed by atoms with Gasteiger partial charge in [-0.3, -0.25) is 19.2 Å². The van der Waals surface area contributed by atoms with Gasteiger partial charge in [0.1, 0.15) is 17.7 Å². The van der Waals surface area contributed by atoms with Crippen LogP contribution < -0.4 is 5.32 Å². The Kier molecular flexibility index (Phi) is 12.3. The molecule has 2 bridgehead atoms. The fourth-order valence-electron chi connectivity index (χ4n) is 9.12. The van der Waals surface area contributed by atoms with E-state index in [-0.39, 0.29) is 43.3 Å². The molecule has 3 amide bonds. The van der Waals surface area contributed by atoms with Gasteiger partial charge in [0.2, 0.25) is 17.7 Å². The second kappa shape index (κ2) is 16.4. The van der Waals surface area contributed by atoms with Crippen LogP contribution in [0.15, 0.2) is 86.0 Å². The Morgan fingerprint density at radius 3 is 2.32 bits per heavy atom. The molecule has 3 aliphatic rings. The Morgan fingerprint density at radius 2 is 1.72 bits per heavy atom. The monoisotopic (exact) mass is 727 g/mol. The van der Waals surface area contributed by atoms with Crippen molar-refractivity contribution in [3.05, 3.63) is 97.1 Å². The highest BCUT2D eigenvalue weighted by Gasteiger charge is 2.76. The molecule has 2 N–H and O–H groups in total. The normalized spacial score (nSPS) is 24.6. The van der Waals surface area contributed by atoms with E-state index in [0.29, 0.717) is 37.7 Å². The number of likely N-dealkylation sites (tertiary alicyclic amines) is 1. The Labute approximate surface area is 314 Å². The summed E-state index contributed by atoms with van der Waals surface area (Å²) >= 11 is 0. The third kappa shape index (κ3) is 8.44. The molecule has 3 saturated heterocycles. The maximum absolute atomic E-state index is 15.2. The lowest BCUT2D eigenvalue weighted by molar-refractivity contribution is -0.161. The minimum Gasteiger partial charge on any atom is -0.455 e. The Bertz CT molecular complexity index is 1640. The number of aliphatic hydroxyl groups is 1. The first-order chi connectivity index (χ1) is 25.2. The first-order valence-corrected chi connectivity index (χ1v) is 18.9. The van der Waals surface area contributed by atoms with E-state index in [1.165, 1.54) is 4.90 Å². The molecule has 7 atom stereocenters. The minimum atomic E-state index is -1.30. The zero-order valence-corrected chi connectivity index (χ0v) is 32.0. The van der Waals surface area contributed by atoms with E-state index in [4.69, 9.17) is 9.47 Å². The van der Waals surface area contributed by atoms with Gasteiger partial charge in [-0.25, -0.2) is 0 Å². The highest BCUT2D eigenvalue weighted by molar-refractivity contribution is 5.98. The van der Waals surface area contributed by atoms with Gasteiger partial charge < -0.3 is 29.7 Å². The molecule has 53 heavy (non-hydrogen) atoms. The van der Waals surface area contributed by atoms with E-state index in [1.807, 2.05) is 74.5 Å². The van der Waals surface area contributed by atoms with E-state index >= 15 is 4.79 Å². The van der Waals surface area contributed by atoms with Crippen LogP contribution in [0, 0.1) is 17.3 Å². The third-order valence-electron chi connectivity index (χ3n) is 10.9. The molecule has 5 rings (SSSR count). The number of hydrogen-bond donors (Lipinski definition) is 2. The number of hydrogen-bond acceptors (Lipinski definition) is 7. The highest BCUT2D eigenvalue weighted by Crippen LogP contribution is 2.59. The molecule has 0 aromatic heterocycles. The van der Waals surface area contributed by atoms with Gasteiger partial charge >= 0.3 is 5.97 Å². The SMILES string of the molecule is C=CCCC(=O)NC[C@@H](OC(=O)[C@@H]1[C@H]2C(=O)N([C@@H](CO)Cc3ccccc3)[C@H](C(=O)N(CC=C)C(C)(C)CC(C)(C)C)[C@]23CC[C@H]1O3)c1ccccc1. The van der Waals surface area contributed by atoms with Crippen molar-refractivity contribution in [1.82, 2.24) is 15.1 Å². The molecular formula is C43H57N3O7. The van der Waals surface area contributed by atoms with Crippen LogP contribution in [0.4, 0.5) is 0 Å². The summed E-state index contributed by atoms with van der Waals surface area (Å²) in [6.07, 6.45) is 4.53. The molecule has 3 aliphatic heterocycles. The summed E-state index contributed by atoms with van der Waals surface area (Å²) < 4.78 is 13.0. The van der Waals surface area contributed by atoms with Crippen LogP contribution in [-0.2, 0) is 35.1 Å². The topological polar surface area (TPSA) is 125 Å². The fourth-order valence-corrected chi connectivity index (χ4v) is 9.12. The van der Waals surface area contributed by atoms with Gasteiger partial charge in [0, 0.05) is 18.5 Å². The van der Waals surface area contributed by atoms with Crippen LogP contribution in [0.1, 0.15) is 84.0 Å². The number of ether oxygens (including phenoxy) is 2. The van der Waals surface area contributed by atoms with Crippen molar-refractivity contribution in [3.8, 4) is 0 Å². The van der Waals surface area contributed by atoms with E-state index < -0.39 is 59.1 Å². The van der Waals surface area contributed by atoms with E-state index in [2.05, 4.69) is 39.2 Å². The number of nitrogens with one attached hydrogen (secondary N) is 1. The molecule has 3 heterocycles. The van der Waals surface area contributed by atoms with Crippen molar-refractivity contribution in [1.29, 1.82) is 0 Å². The van der Waals surface area contributed by atoms with Crippen LogP contribution in [0.5, 0.6) is 0 Å². The van der Waals surface area contributed by atoms with Crippen molar-refractivity contribution >= 4 is 23.7 Å². The Balaban J connectivity index is 1.53. The van der Waals surface area contributed by atoms with Crippen molar-refractivity contribution in [2.24, 2.45) is 17.3 Å². The van der Waals surface area contributed by atoms with Crippen LogP contribution in [0.3, 0.4) is 0 Å². The van der Waals surface area contributed by atoms with Gasteiger partial charge in [-0.1, -0.05) is 93.6 Å². The number of rotatable bonds is 17. The first kappa shape index (κ1) is 39.9. The van der Waals surface area contributed by atoms with Crippen molar-refractivity contribution < 1.29 is 33.8 Å². The molecule has 0 saturated carbocycles. The molecule has 286 valence electrons. The predicted octanol–water partition coefficient (Wildman–Crippen LogP) is 5.56. The van der Waals surface area contributed by atoms with Crippen LogP contribution in [0.2, 0.25) is 0 Å². The molecule has 3 fully saturated rings. The first-order valence-electron chi connectivity index (χ1n) is 18.9. The molecule has 10 heteroatoms. The zero-order chi connectivity index (χ0) is 38.6. The quantitative estimate of drug-likeness (QED) is 0.162. The average Bonchev–Trinajstić information content (AvgIpc) is 3.77. The number of allylic oxidation sites excluding steroid dienone is 1. The van der Waals surface area contributed by atoms with Gasteiger partial charge in [0.25, 0.3) is 0 Å². The smallest absolute Gasteiger partial charge is 0.313 e. The number of esters is 1. The third-order valence-corrected chi connectivity index (χ3v) is 10.9. The largest absolute Gasteiger partial charge is 0.455 e. The van der Waals surface area contributed by atoms with Crippen molar-refractivity contribution in [3.63, 3.8) is 0 Å². The lowest BCUT2D eigenvalue weighted by atomic mass is 9.70. The van der Waals surface area contributed by atoms with Crippen LogP contribution >= 0.6 is 0 Å². The van der Waals surface area contributed by atoms with Crippen molar-refractivity contribution in [2.75, 3.05) is 19.7 Å². The fraction of sp³-hybridized carbons (Fsp3) is 0.535. The van der Waals surface area contributed by atoms with Gasteiger partial charge in [0.15, 0.2) is 0 Å². The van der Waals surface area contributed by atoms with E-state index in [9.17, 15) is 19.5 Å². The minimum absolute atomic E-state index is 0.0456. The van der Waals surface area contributed by atoms with Crippen LogP contribution in [0.25, 0.3) is 0 Å². The molecular weight excluding hydrogens is 670 g/mol. The van der Waals surface area contributed by atoms with Gasteiger partial charge in [-0.15, -0.1) is 13.2 Å². The zero-order valence-electron chi connectivity index (χ0n) is 32.0. The lowest BCUT2D eigenvalue weighted by Gasteiger charge is -2.46. The molecule has 0 unspecified atom stereocenters.